The zero-order chi connectivity index (χ0) is 18.4. The number of allylic oxidation sites excluding steroid dienone is 2. The SMILES string of the molecule is CCCCCC1=CCC(CC)(c2nnc3n2C2CC4CC(CC3C4)C2)CC1. The second kappa shape index (κ2) is 7.04. The van der Waals surface area contributed by atoms with Crippen molar-refractivity contribution in [2.75, 3.05) is 0 Å². The zero-order valence-electron chi connectivity index (χ0n) is 17.4. The normalized spacial score (nSPS) is 37.2. The van der Waals surface area contributed by atoms with Crippen LogP contribution < -0.4 is 0 Å². The van der Waals surface area contributed by atoms with Crippen molar-refractivity contribution in [2.24, 2.45) is 11.8 Å². The van der Waals surface area contributed by atoms with E-state index in [0.29, 0.717) is 12.0 Å². The van der Waals surface area contributed by atoms with Crippen molar-refractivity contribution >= 4 is 0 Å². The third-order valence-corrected chi connectivity index (χ3v) is 8.52. The largest absolute Gasteiger partial charge is 0.311 e. The van der Waals surface area contributed by atoms with Crippen LogP contribution in [0.2, 0.25) is 0 Å². The molecule has 0 radical (unpaired) electrons. The molecule has 0 N–H and O–H groups in total. The van der Waals surface area contributed by atoms with Gasteiger partial charge in [-0.2, -0.15) is 0 Å². The maximum absolute atomic E-state index is 4.91. The van der Waals surface area contributed by atoms with E-state index in [9.17, 15) is 0 Å². The van der Waals surface area contributed by atoms with Crippen LogP contribution in [-0.2, 0) is 5.41 Å². The first-order valence-corrected chi connectivity index (χ1v) is 11.9. The van der Waals surface area contributed by atoms with Gasteiger partial charge in [0.15, 0.2) is 0 Å². The van der Waals surface area contributed by atoms with E-state index in [2.05, 4.69) is 24.5 Å². The molecule has 3 atom stereocenters. The van der Waals surface area contributed by atoms with Gasteiger partial charge in [0.25, 0.3) is 0 Å². The Kier molecular flexibility index (Phi) is 4.68. The monoisotopic (exact) mass is 367 g/mol. The number of rotatable bonds is 6. The maximum Gasteiger partial charge on any atom is 0.139 e. The van der Waals surface area contributed by atoms with E-state index in [-0.39, 0.29) is 5.41 Å². The number of aromatic nitrogens is 3. The van der Waals surface area contributed by atoms with Crippen LogP contribution in [0, 0.1) is 11.8 Å². The van der Waals surface area contributed by atoms with E-state index < -0.39 is 0 Å². The first-order chi connectivity index (χ1) is 13.2. The number of hydrogen-bond acceptors (Lipinski definition) is 2. The van der Waals surface area contributed by atoms with Gasteiger partial charge in [-0.25, -0.2) is 0 Å². The average Bonchev–Trinajstić information content (AvgIpc) is 3.07. The van der Waals surface area contributed by atoms with E-state index in [1.807, 2.05) is 0 Å². The van der Waals surface area contributed by atoms with Gasteiger partial charge in [0, 0.05) is 17.4 Å². The molecule has 3 nitrogen and oxygen atoms in total. The van der Waals surface area contributed by atoms with Gasteiger partial charge in [0.1, 0.15) is 11.6 Å². The van der Waals surface area contributed by atoms with Gasteiger partial charge in [0.05, 0.1) is 0 Å². The summed E-state index contributed by atoms with van der Waals surface area (Å²) in [6.07, 6.45) is 20.0. The number of unbranched alkanes of at least 4 members (excludes halogenated alkanes) is 2. The molecule has 4 bridgehead atoms. The topological polar surface area (TPSA) is 30.7 Å². The lowest BCUT2D eigenvalue weighted by atomic mass is 9.68. The summed E-state index contributed by atoms with van der Waals surface area (Å²) in [6, 6.07) is 0.694. The highest BCUT2D eigenvalue weighted by Gasteiger charge is 2.47. The molecule has 3 aliphatic carbocycles. The van der Waals surface area contributed by atoms with Gasteiger partial charge >= 0.3 is 0 Å². The molecule has 2 fully saturated rings. The van der Waals surface area contributed by atoms with Gasteiger partial charge in [-0.15, -0.1) is 10.2 Å². The Morgan fingerprint density at radius 1 is 1.04 bits per heavy atom. The molecule has 5 aliphatic rings. The van der Waals surface area contributed by atoms with Crippen molar-refractivity contribution in [3.05, 3.63) is 23.3 Å². The summed E-state index contributed by atoms with van der Waals surface area (Å²) in [5.41, 5.74) is 1.95. The Labute approximate surface area is 165 Å². The van der Waals surface area contributed by atoms with Crippen LogP contribution in [0.5, 0.6) is 0 Å². The van der Waals surface area contributed by atoms with Crippen molar-refractivity contribution in [3.63, 3.8) is 0 Å². The lowest BCUT2D eigenvalue weighted by Crippen LogP contribution is -2.34. The second-order valence-corrected chi connectivity index (χ2v) is 10.2. The van der Waals surface area contributed by atoms with E-state index >= 15 is 0 Å². The highest BCUT2D eigenvalue weighted by atomic mass is 15.3. The minimum Gasteiger partial charge on any atom is -0.311 e. The Bertz CT molecular complexity index is 703. The minimum atomic E-state index is 0.237. The Morgan fingerprint density at radius 2 is 1.85 bits per heavy atom. The predicted octanol–water partition coefficient (Wildman–Crippen LogP) is 6.46. The van der Waals surface area contributed by atoms with Gasteiger partial charge in [0.2, 0.25) is 0 Å². The van der Waals surface area contributed by atoms with Crippen LogP contribution in [0.25, 0.3) is 0 Å². The average molecular weight is 368 g/mol. The van der Waals surface area contributed by atoms with E-state index in [0.717, 1.165) is 11.8 Å². The number of nitrogens with zero attached hydrogens (tertiary/aromatic N) is 3. The first kappa shape index (κ1) is 17.9. The van der Waals surface area contributed by atoms with Crippen molar-refractivity contribution in [1.29, 1.82) is 0 Å². The van der Waals surface area contributed by atoms with Crippen molar-refractivity contribution in [2.45, 2.75) is 115 Å². The fourth-order valence-corrected chi connectivity index (χ4v) is 7.00. The van der Waals surface area contributed by atoms with Crippen LogP contribution in [0.3, 0.4) is 0 Å². The molecule has 0 spiro atoms. The van der Waals surface area contributed by atoms with Gasteiger partial charge in [-0.1, -0.05) is 38.3 Å². The molecule has 0 saturated heterocycles. The summed E-state index contributed by atoms with van der Waals surface area (Å²) in [5, 5.41) is 9.77. The smallest absolute Gasteiger partial charge is 0.139 e. The summed E-state index contributed by atoms with van der Waals surface area (Å²) in [4.78, 5) is 0. The van der Waals surface area contributed by atoms with Gasteiger partial charge in [-0.05, 0) is 82.5 Å². The van der Waals surface area contributed by atoms with E-state index in [1.165, 1.54) is 95.1 Å². The third kappa shape index (κ3) is 3.00. The molecule has 2 aliphatic heterocycles. The van der Waals surface area contributed by atoms with Crippen molar-refractivity contribution < 1.29 is 0 Å². The molecule has 3 heteroatoms. The molecule has 1 aromatic rings. The molecular weight excluding hydrogens is 330 g/mol. The molecule has 0 aromatic carbocycles. The predicted molar refractivity (Wildman–Crippen MR) is 110 cm³/mol. The van der Waals surface area contributed by atoms with E-state index in [1.54, 1.807) is 5.57 Å². The molecule has 0 amide bonds. The van der Waals surface area contributed by atoms with Crippen molar-refractivity contribution in [3.8, 4) is 0 Å². The Hall–Kier alpha value is -1.12. The highest BCUT2D eigenvalue weighted by Crippen LogP contribution is 2.55. The first-order valence-electron chi connectivity index (χ1n) is 11.9. The lowest BCUT2D eigenvalue weighted by Gasteiger charge is -2.40. The summed E-state index contributed by atoms with van der Waals surface area (Å²) in [5.74, 6) is 5.33. The molecule has 1 aromatic heterocycles. The second-order valence-electron chi connectivity index (χ2n) is 10.2. The molecule has 27 heavy (non-hydrogen) atoms. The van der Waals surface area contributed by atoms with Crippen molar-refractivity contribution in [1.82, 2.24) is 14.8 Å². The summed E-state index contributed by atoms with van der Waals surface area (Å²) in [6.45, 7) is 4.69. The summed E-state index contributed by atoms with van der Waals surface area (Å²) >= 11 is 0. The fraction of sp³-hybridized carbons (Fsp3) is 0.833. The standard InChI is InChI=1S/C24H37N3/c1-3-5-6-7-17-8-10-24(4-2,11-9-17)23-26-25-22-20-13-18-12-19(14-20)16-21(15-18)27(22)23/h8,18-21H,3-7,9-16H2,1-2H3. The van der Waals surface area contributed by atoms with Gasteiger partial charge in [-0.3, -0.25) is 0 Å². The van der Waals surface area contributed by atoms with Crippen LogP contribution in [0.15, 0.2) is 11.6 Å². The van der Waals surface area contributed by atoms with Crippen LogP contribution in [0.1, 0.15) is 121 Å². The maximum atomic E-state index is 4.91. The molecule has 6 rings (SSSR count). The van der Waals surface area contributed by atoms with Crippen LogP contribution in [-0.4, -0.2) is 14.8 Å². The van der Waals surface area contributed by atoms with Crippen LogP contribution >= 0.6 is 0 Å². The molecule has 148 valence electrons. The Morgan fingerprint density at radius 3 is 2.52 bits per heavy atom. The molecular formula is C24H37N3. The molecule has 2 saturated carbocycles. The van der Waals surface area contributed by atoms with E-state index in [4.69, 9.17) is 10.2 Å². The number of hydrogen-bond donors (Lipinski definition) is 0. The third-order valence-electron chi connectivity index (χ3n) is 8.52. The van der Waals surface area contributed by atoms with Gasteiger partial charge < -0.3 is 4.57 Å². The highest BCUT2D eigenvalue weighted by molar-refractivity contribution is 5.23. The summed E-state index contributed by atoms with van der Waals surface area (Å²) < 4.78 is 2.70. The minimum absolute atomic E-state index is 0.237. The quantitative estimate of drug-likeness (QED) is 0.426. The van der Waals surface area contributed by atoms with Crippen LogP contribution in [0.4, 0.5) is 0 Å². The Balaban J connectivity index is 1.44. The molecule has 3 unspecified atom stereocenters. The summed E-state index contributed by atoms with van der Waals surface area (Å²) in [7, 11) is 0. The zero-order valence-corrected chi connectivity index (χ0v) is 17.4. The molecule has 3 heterocycles. The lowest BCUT2D eigenvalue weighted by molar-refractivity contribution is 0.146. The fourth-order valence-electron chi connectivity index (χ4n) is 7.00.